The second-order valence-electron chi connectivity index (χ2n) is 5.61. The lowest BCUT2D eigenvalue weighted by atomic mass is 10.1. The van der Waals surface area contributed by atoms with E-state index < -0.39 is 0 Å². The summed E-state index contributed by atoms with van der Waals surface area (Å²) < 4.78 is 5.14. The molecule has 0 atom stereocenters. The zero-order valence-electron chi connectivity index (χ0n) is 13.1. The minimum absolute atomic E-state index is 0.300. The van der Waals surface area contributed by atoms with Crippen LogP contribution < -0.4 is 10.6 Å². The van der Waals surface area contributed by atoms with Crippen LogP contribution in [0.3, 0.4) is 0 Å². The summed E-state index contributed by atoms with van der Waals surface area (Å²) in [5.74, 6) is -0.300. The van der Waals surface area contributed by atoms with Crippen molar-refractivity contribution >= 4 is 17.3 Å². The molecule has 0 bridgehead atoms. The molecule has 0 radical (unpaired) electrons. The van der Waals surface area contributed by atoms with Gasteiger partial charge in [0.25, 0.3) is 0 Å². The lowest BCUT2D eigenvalue weighted by Gasteiger charge is -2.38. The maximum absolute atomic E-state index is 12.1. The molecule has 0 amide bonds. The van der Waals surface area contributed by atoms with Crippen molar-refractivity contribution < 1.29 is 9.53 Å². The van der Waals surface area contributed by atoms with E-state index in [9.17, 15) is 4.79 Å². The maximum Gasteiger partial charge on any atom is 0.340 e. The molecule has 0 aliphatic carbocycles. The first-order valence-electron chi connectivity index (χ1n) is 7.58. The third-order valence-electron chi connectivity index (χ3n) is 3.90. The molecule has 1 aromatic rings. The summed E-state index contributed by atoms with van der Waals surface area (Å²) in [5, 5.41) is 0. The van der Waals surface area contributed by atoms with Gasteiger partial charge in [-0.3, -0.25) is 4.90 Å². The summed E-state index contributed by atoms with van der Waals surface area (Å²) in [7, 11) is 0. The van der Waals surface area contributed by atoms with Gasteiger partial charge < -0.3 is 15.4 Å². The van der Waals surface area contributed by atoms with Crippen molar-refractivity contribution in [1.29, 1.82) is 0 Å². The van der Waals surface area contributed by atoms with E-state index in [0.717, 1.165) is 31.9 Å². The van der Waals surface area contributed by atoms with E-state index in [-0.39, 0.29) is 5.97 Å². The van der Waals surface area contributed by atoms with Crippen LogP contribution in [0, 0.1) is 0 Å². The Morgan fingerprint density at radius 2 is 1.95 bits per heavy atom. The molecule has 1 aliphatic heterocycles. The first-order chi connectivity index (χ1) is 10.0. The second kappa shape index (κ2) is 6.80. The van der Waals surface area contributed by atoms with Crippen LogP contribution in [-0.2, 0) is 4.74 Å². The molecule has 1 aromatic carbocycles. The Hall–Kier alpha value is -1.75. The highest BCUT2D eigenvalue weighted by Gasteiger charge is 2.23. The average molecular weight is 291 g/mol. The summed E-state index contributed by atoms with van der Waals surface area (Å²) in [4.78, 5) is 16.8. The number of benzene rings is 1. The third-order valence-corrected chi connectivity index (χ3v) is 3.90. The number of anilines is 2. The van der Waals surface area contributed by atoms with Crippen LogP contribution >= 0.6 is 0 Å². The number of carbonyl (C=O) groups is 1. The second-order valence-corrected chi connectivity index (χ2v) is 5.61. The minimum Gasteiger partial charge on any atom is -0.462 e. The van der Waals surface area contributed by atoms with Crippen LogP contribution in [0.25, 0.3) is 0 Å². The number of nitrogens with two attached hydrogens (primary N) is 1. The summed E-state index contributed by atoms with van der Waals surface area (Å²) in [5.41, 5.74) is 7.89. The number of ether oxygens (including phenoxy) is 1. The number of nitrogens with zero attached hydrogens (tertiary/aromatic N) is 2. The molecule has 21 heavy (non-hydrogen) atoms. The van der Waals surface area contributed by atoms with Gasteiger partial charge in [-0.2, -0.15) is 0 Å². The van der Waals surface area contributed by atoms with Gasteiger partial charge >= 0.3 is 5.97 Å². The van der Waals surface area contributed by atoms with Gasteiger partial charge in [-0.25, -0.2) is 4.79 Å². The molecule has 0 aromatic heterocycles. The number of hydrogen-bond donors (Lipinski definition) is 1. The molecule has 2 rings (SSSR count). The molecule has 116 valence electrons. The van der Waals surface area contributed by atoms with Gasteiger partial charge in [0.05, 0.1) is 17.9 Å². The van der Waals surface area contributed by atoms with Gasteiger partial charge in [0, 0.05) is 37.9 Å². The number of piperazine rings is 1. The standard InChI is InChI=1S/C16H25N3O2/c1-4-21-16(20)14-11-13(17)5-6-15(14)19-9-7-18(8-10-19)12(2)3/h5-6,11-12H,4,7-10,17H2,1-3H3. The fraction of sp³-hybridized carbons (Fsp3) is 0.562. The molecule has 1 saturated heterocycles. The van der Waals surface area contributed by atoms with Gasteiger partial charge in [0.15, 0.2) is 0 Å². The van der Waals surface area contributed by atoms with Crippen LogP contribution in [0.1, 0.15) is 31.1 Å². The van der Waals surface area contributed by atoms with E-state index in [2.05, 4.69) is 23.6 Å². The Morgan fingerprint density at radius 1 is 1.29 bits per heavy atom. The zero-order valence-corrected chi connectivity index (χ0v) is 13.1. The average Bonchev–Trinajstić information content (AvgIpc) is 2.47. The predicted octanol–water partition coefficient (Wildman–Crippen LogP) is 1.98. The lowest BCUT2D eigenvalue weighted by Crippen LogP contribution is -2.49. The van der Waals surface area contributed by atoms with Crippen LogP contribution in [-0.4, -0.2) is 49.7 Å². The van der Waals surface area contributed by atoms with Gasteiger partial charge in [-0.1, -0.05) is 0 Å². The topological polar surface area (TPSA) is 58.8 Å². The van der Waals surface area contributed by atoms with Crippen molar-refractivity contribution in [3.05, 3.63) is 23.8 Å². The molecule has 0 unspecified atom stereocenters. The quantitative estimate of drug-likeness (QED) is 0.679. The monoisotopic (exact) mass is 291 g/mol. The smallest absolute Gasteiger partial charge is 0.340 e. The molecule has 1 fully saturated rings. The first-order valence-corrected chi connectivity index (χ1v) is 7.58. The fourth-order valence-corrected chi connectivity index (χ4v) is 2.68. The number of hydrogen-bond acceptors (Lipinski definition) is 5. The Labute approximate surface area is 126 Å². The van der Waals surface area contributed by atoms with Crippen molar-refractivity contribution in [3.63, 3.8) is 0 Å². The molecular formula is C16H25N3O2. The number of rotatable bonds is 4. The fourth-order valence-electron chi connectivity index (χ4n) is 2.68. The van der Waals surface area contributed by atoms with Crippen molar-refractivity contribution in [2.24, 2.45) is 0 Å². The first kappa shape index (κ1) is 15.6. The highest BCUT2D eigenvalue weighted by atomic mass is 16.5. The van der Waals surface area contributed by atoms with Crippen molar-refractivity contribution in [2.75, 3.05) is 43.4 Å². The number of carbonyl (C=O) groups excluding carboxylic acids is 1. The third kappa shape index (κ3) is 3.67. The highest BCUT2D eigenvalue weighted by molar-refractivity contribution is 5.97. The van der Waals surface area contributed by atoms with Gasteiger partial charge in [-0.15, -0.1) is 0 Å². The van der Waals surface area contributed by atoms with E-state index in [1.54, 1.807) is 6.07 Å². The maximum atomic E-state index is 12.1. The normalized spacial score (nSPS) is 16.3. The Morgan fingerprint density at radius 3 is 2.52 bits per heavy atom. The van der Waals surface area contributed by atoms with E-state index >= 15 is 0 Å². The van der Waals surface area contributed by atoms with Gasteiger partial charge in [0.1, 0.15) is 0 Å². The number of nitrogen functional groups attached to an aromatic ring is 1. The predicted molar refractivity (Wildman–Crippen MR) is 85.7 cm³/mol. The van der Waals surface area contributed by atoms with Gasteiger partial charge in [0.2, 0.25) is 0 Å². The molecule has 5 nitrogen and oxygen atoms in total. The molecule has 0 saturated carbocycles. The summed E-state index contributed by atoms with van der Waals surface area (Å²) in [6, 6.07) is 6.03. The molecule has 1 aliphatic rings. The van der Waals surface area contributed by atoms with Crippen LogP contribution in [0.2, 0.25) is 0 Å². The number of esters is 1. The van der Waals surface area contributed by atoms with Crippen LogP contribution in [0.5, 0.6) is 0 Å². The summed E-state index contributed by atoms with van der Waals surface area (Å²) in [6.45, 7) is 10.4. The summed E-state index contributed by atoms with van der Waals surface area (Å²) >= 11 is 0. The molecule has 5 heteroatoms. The van der Waals surface area contributed by atoms with E-state index in [0.29, 0.717) is 23.9 Å². The van der Waals surface area contributed by atoms with Crippen LogP contribution in [0.15, 0.2) is 18.2 Å². The van der Waals surface area contributed by atoms with Gasteiger partial charge in [-0.05, 0) is 39.0 Å². The van der Waals surface area contributed by atoms with Crippen LogP contribution in [0.4, 0.5) is 11.4 Å². The van der Waals surface area contributed by atoms with E-state index in [1.165, 1.54) is 0 Å². The Balaban J connectivity index is 2.18. The van der Waals surface area contributed by atoms with E-state index in [1.807, 2.05) is 19.1 Å². The zero-order chi connectivity index (χ0) is 15.4. The van der Waals surface area contributed by atoms with Crippen molar-refractivity contribution in [1.82, 2.24) is 4.90 Å². The highest BCUT2D eigenvalue weighted by Crippen LogP contribution is 2.25. The van der Waals surface area contributed by atoms with Crippen molar-refractivity contribution in [3.8, 4) is 0 Å². The van der Waals surface area contributed by atoms with Crippen molar-refractivity contribution in [2.45, 2.75) is 26.8 Å². The lowest BCUT2D eigenvalue weighted by molar-refractivity contribution is 0.0527. The molecule has 0 spiro atoms. The molecule has 2 N–H and O–H groups in total. The summed E-state index contributed by atoms with van der Waals surface area (Å²) in [6.07, 6.45) is 0. The SMILES string of the molecule is CCOC(=O)c1cc(N)ccc1N1CCN(C(C)C)CC1. The minimum atomic E-state index is -0.300. The van der Waals surface area contributed by atoms with E-state index in [4.69, 9.17) is 10.5 Å². The molecular weight excluding hydrogens is 266 g/mol. The Kier molecular flexibility index (Phi) is 5.07. The Bertz CT molecular complexity index is 494. The largest absolute Gasteiger partial charge is 0.462 e. The molecule has 1 heterocycles.